The van der Waals surface area contributed by atoms with Crippen LogP contribution in [0.1, 0.15) is 12.0 Å². The molecule has 0 bridgehead atoms. The fraction of sp³-hybridized carbons (Fsp3) is 0.350. The van der Waals surface area contributed by atoms with E-state index in [4.69, 9.17) is 0 Å². The van der Waals surface area contributed by atoms with Crippen molar-refractivity contribution in [1.29, 1.82) is 0 Å². The summed E-state index contributed by atoms with van der Waals surface area (Å²) in [6, 6.07) is 17.4. The van der Waals surface area contributed by atoms with Crippen molar-refractivity contribution in [3.8, 4) is 0 Å². The van der Waals surface area contributed by atoms with Gasteiger partial charge in [-0.2, -0.15) is 0 Å². The molecule has 146 valence electrons. The van der Waals surface area contributed by atoms with Crippen LogP contribution in [0.5, 0.6) is 0 Å². The average molecular weight is 406 g/mol. The Morgan fingerprint density at radius 1 is 1.00 bits per heavy atom. The molecule has 0 aliphatic heterocycles. The van der Waals surface area contributed by atoms with E-state index in [9.17, 15) is 8.42 Å². The molecule has 27 heavy (non-hydrogen) atoms. The number of thioether (sulfide) groups is 1. The van der Waals surface area contributed by atoms with Crippen molar-refractivity contribution in [3.63, 3.8) is 0 Å². The van der Waals surface area contributed by atoms with Gasteiger partial charge in [0.25, 0.3) is 0 Å². The molecule has 2 aromatic rings. The highest BCUT2D eigenvalue weighted by Gasteiger charge is 2.06. The molecular formula is C20H27N3O2S2. The molecule has 0 fully saturated rings. The predicted molar refractivity (Wildman–Crippen MR) is 114 cm³/mol. The minimum absolute atomic E-state index is 0.352. The van der Waals surface area contributed by atoms with E-state index in [1.54, 1.807) is 19.2 Å². The Labute approximate surface area is 166 Å². The first-order valence-corrected chi connectivity index (χ1v) is 11.8. The fourth-order valence-corrected chi connectivity index (χ4v) is 3.94. The van der Waals surface area contributed by atoms with Crippen LogP contribution >= 0.6 is 11.8 Å². The first-order chi connectivity index (χ1) is 13.0. The van der Waals surface area contributed by atoms with Crippen LogP contribution < -0.4 is 10.6 Å². The molecule has 2 N–H and O–H groups in total. The SMILES string of the molecule is CN=C(NCCCSc1ccccc1)NCCc1ccc(S(C)(=O)=O)cc1. The molecule has 0 aliphatic rings. The van der Waals surface area contributed by atoms with Crippen LogP contribution in [0.4, 0.5) is 0 Å². The standard InChI is InChI=1S/C20H27N3O2S2/c1-21-20(22-14-6-16-26-18-7-4-3-5-8-18)23-15-13-17-9-11-19(12-10-17)27(2,24)25/h3-5,7-12H,6,13-16H2,1-2H3,(H2,21,22,23). The molecule has 0 unspecified atom stereocenters. The van der Waals surface area contributed by atoms with Gasteiger partial charge in [-0.1, -0.05) is 30.3 Å². The second-order valence-electron chi connectivity index (χ2n) is 6.11. The molecule has 0 aromatic heterocycles. The number of nitrogens with one attached hydrogen (secondary N) is 2. The number of rotatable bonds is 9. The monoisotopic (exact) mass is 405 g/mol. The molecule has 0 spiro atoms. The lowest BCUT2D eigenvalue weighted by molar-refractivity contribution is 0.602. The zero-order valence-electron chi connectivity index (χ0n) is 15.8. The fourth-order valence-electron chi connectivity index (χ4n) is 2.43. The molecule has 7 heteroatoms. The van der Waals surface area contributed by atoms with E-state index in [-0.39, 0.29) is 0 Å². The summed E-state index contributed by atoms with van der Waals surface area (Å²) in [4.78, 5) is 5.88. The molecule has 0 radical (unpaired) electrons. The maximum Gasteiger partial charge on any atom is 0.190 e. The van der Waals surface area contributed by atoms with E-state index >= 15 is 0 Å². The van der Waals surface area contributed by atoms with E-state index in [0.717, 1.165) is 43.2 Å². The molecule has 0 heterocycles. The zero-order valence-corrected chi connectivity index (χ0v) is 17.4. The van der Waals surface area contributed by atoms with Crippen LogP contribution in [-0.4, -0.2) is 46.5 Å². The molecule has 0 atom stereocenters. The van der Waals surface area contributed by atoms with Gasteiger partial charge >= 0.3 is 0 Å². The molecule has 0 saturated heterocycles. The third-order valence-electron chi connectivity index (χ3n) is 3.91. The third-order valence-corrected chi connectivity index (χ3v) is 6.13. The van der Waals surface area contributed by atoms with E-state index in [1.807, 2.05) is 30.0 Å². The summed E-state index contributed by atoms with van der Waals surface area (Å²) in [6.07, 6.45) is 3.07. The summed E-state index contributed by atoms with van der Waals surface area (Å²) in [6.45, 7) is 1.60. The summed E-state index contributed by atoms with van der Waals surface area (Å²) >= 11 is 1.85. The summed E-state index contributed by atoms with van der Waals surface area (Å²) < 4.78 is 23.0. The highest BCUT2D eigenvalue weighted by molar-refractivity contribution is 7.99. The normalized spacial score (nSPS) is 12.0. The number of aliphatic imine (C=N–C) groups is 1. The van der Waals surface area contributed by atoms with Gasteiger partial charge in [-0.3, -0.25) is 4.99 Å². The minimum Gasteiger partial charge on any atom is -0.356 e. The van der Waals surface area contributed by atoms with Gasteiger partial charge in [0.1, 0.15) is 0 Å². The van der Waals surface area contributed by atoms with Crippen LogP contribution in [0.3, 0.4) is 0 Å². The van der Waals surface area contributed by atoms with Gasteiger partial charge in [0.15, 0.2) is 15.8 Å². The number of benzene rings is 2. The second kappa shape index (κ2) is 11.0. The summed E-state index contributed by atoms with van der Waals surface area (Å²) in [5.41, 5.74) is 1.09. The number of hydrogen-bond donors (Lipinski definition) is 2. The quantitative estimate of drug-likeness (QED) is 0.290. The molecule has 2 rings (SSSR count). The Morgan fingerprint density at radius 3 is 2.30 bits per heavy atom. The van der Waals surface area contributed by atoms with Crippen LogP contribution in [0.15, 0.2) is 69.4 Å². The van der Waals surface area contributed by atoms with E-state index in [2.05, 4.69) is 39.9 Å². The Balaban J connectivity index is 1.64. The van der Waals surface area contributed by atoms with Gasteiger partial charge in [0, 0.05) is 31.3 Å². The Bertz CT molecular complexity index is 820. The van der Waals surface area contributed by atoms with Crippen molar-refractivity contribution in [3.05, 3.63) is 60.2 Å². The number of guanidine groups is 1. The van der Waals surface area contributed by atoms with Gasteiger partial charge in [0.05, 0.1) is 4.90 Å². The molecular weight excluding hydrogens is 378 g/mol. The van der Waals surface area contributed by atoms with Crippen molar-refractivity contribution in [2.45, 2.75) is 22.6 Å². The van der Waals surface area contributed by atoms with Crippen LogP contribution in [0, 0.1) is 0 Å². The lowest BCUT2D eigenvalue weighted by atomic mass is 10.1. The first kappa shape index (κ1) is 21.3. The summed E-state index contributed by atoms with van der Waals surface area (Å²) in [5, 5.41) is 6.60. The lowest BCUT2D eigenvalue weighted by Gasteiger charge is -2.12. The Morgan fingerprint density at radius 2 is 1.67 bits per heavy atom. The van der Waals surface area contributed by atoms with Crippen molar-refractivity contribution < 1.29 is 8.42 Å². The zero-order chi connectivity index (χ0) is 19.5. The van der Waals surface area contributed by atoms with Gasteiger partial charge < -0.3 is 10.6 Å². The van der Waals surface area contributed by atoms with Gasteiger partial charge in [0.2, 0.25) is 0 Å². The molecule has 2 aromatic carbocycles. The van der Waals surface area contributed by atoms with Gasteiger partial charge in [-0.25, -0.2) is 8.42 Å². The summed E-state index contributed by atoms with van der Waals surface area (Å²) in [7, 11) is -1.38. The number of hydrogen-bond acceptors (Lipinski definition) is 4. The Kier molecular flexibility index (Phi) is 8.67. The molecule has 0 aliphatic carbocycles. The highest BCUT2D eigenvalue weighted by atomic mass is 32.2. The van der Waals surface area contributed by atoms with Crippen molar-refractivity contribution in [1.82, 2.24) is 10.6 Å². The van der Waals surface area contributed by atoms with E-state index in [1.165, 1.54) is 11.2 Å². The number of sulfone groups is 1. The smallest absolute Gasteiger partial charge is 0.190 e. The van der Waals surface area contributed by atoms with Crippen LogP contribution in [-0.2, 0) is 16.3 Å². The van der Waals surface area contributed by atoms with E-state index < -0.39 is 9.84 Å². The number of nitrogens with zero attached hydrogens (tertiary/aromatic N) is 1. The largest absolute Gasteiger partial charge is 0.356 e. The van der Waals surface area contributed by atoms with Gasteiger partial charge in [-0.05, 0) is 48.4 Å². The predicted octanol–water partition coefficient (Wildman–Crippen LogP) is 2.98. The van der Waals surface area contributed by atoms with E-state index in [0.29, 0.717) is 4.90 Å². The van der Waals surface area contributed by atoms with Crippen molar-refractivity contribution >= 4 is 27.6 Å². The third kappa shape index (κ3) is 8.05. The van der Waals surface area contributed by atoms with Crippen LogP contribution in [0.25, 0.3) is 0 Å². The molecule has 0 saturated carbocycles. The topological polar surface area (TPSA) is 70.6 Å². The Hall–Kier alpha value is -1.99. The molecule has 5 nitrogen and oxygen atoms in total. The minimum atomic E-state index is -3.14. The van der Waals surface area contributed by atoms with Crippen molar-refractivity contribution in [2.24, 2.45) is 4.99 Å². The lowest BCUT2D eigenvalue weighted by Crippen LogP contribution is -2.38. The summed E-state index contributed by atoms with van der Waals surface area (Å²) in [5.74, 6) is 1.84. The maximum atomic E-state index is 11.5. The molecule has 0 amide bonds. The highest BCUT2D eigenvalue weighted by Crippen LogP contribution is 2.17. The van der Waals surface area contributed by atoms with Crippen molar-refractivity contribution in [2.75, 3.05) is 32.1 Å². The average Bonchev–Trinajstić information content (AvgIpc) is 2.67. The van der Waals surface area contributed by atoms with Crippen LogP contribution in [0.2, 0.25) is 0 Å². The van der Waals surface area contributed by atoms with Gasteiger partial charge in [-0.15, -0.1) is 11.8 Å². The first-order valence-electron chi connectivity index (χ1n) is 8.90. The maximum absolute atomic E-state index is 11.5. The second-order valence-corrected chi connectivity index (χ2v) is 9.29.